The maximum atomic E-state index is 11.8. The van der Waals surface area contributed by atoms with Crippen molar-refractivity contribution in [2.24, 2.45) is 0 Å². The maximum Gasteiger partial charge on any atom is 0.268 e. The smallest absolute Gasteiger partial charge is 0.268 e. The molecular formula is C13H13ClN2O. The summed E-state index contributed by atoms with van der Waals surface area (Å²) in [6.07, 6.45) is 0. The van der Waals surface area contributed by atoms with Crippen molar-refractivity contribution in [1.29, 1.82) is 0 Å². The van der Waals surface area contributed by atoms with Crippen molar-refractivity contribution in [2.75, 3.05) is 6.54 Å². The summed E-state index contributed by atoms with van der Waals surface area (Å²) in [4.78, 5) is 11.8. The number of rotatable bonds is 0. The standard InChI is InChI=1S/C13H13ClN2O/c1-7-3-4-9-5-10-13(17)15-6-8(2)16(10)12(9)11(7)14/h3-5,8H,6H2,1-2H3,(H,15,17)/t8-/m1/s1. The number of amides is 1. The van der Waals surface area contributed by atoms with Crippen LogP contribution in [-0.4, -0.2) is 17.0 Å². The minimum atomic E-state index is -0.0204. The van der Waals surface area contributed by atoms with Crippen molar-refractivity contribution in [2.45, 2.75) is 19.9 Å². The van der Waals surface area contributed by atoms with E-state index >= 15 is 0 Å². The summed E-state index contributed by atoms with van der Waals surface area (Å²) in [5.74, 6) is -0.0204. The molecule has 1 aromatic heterocycles. The molecule has 3 nitrogen and oxygen atoms in total. The first-order valence-corrected chi connectivity index (χ1v) is 6.05. The van der Waals surface area contributed by atoms with E-state index in [0.29, 0.717) is 12.2 Å². The second-order valence-electron chi connectivity index (χ2n) is 4.59. The molecule has 2 aromatic rings. The zero-order valence-electron chi connectivity index (χ0n) is 9.75. The van der Waals surface area contributed by atoms with Crippen molar-refractivity contribution in [3.63, 3.8) is 0 Å². The van der Waals surface area contributed by atoms with E-state index in [1.165, 1.54) is 0 Å². The topological polar surface area (TPSA) is 34.0 Å². The van der Waals surface area contributed by atoms with Crippen molar-refractivity contribution < 1.29 is 4.79 Å². The summed E-state index contributed by atoms with van der Waals surface area (Å²) in [6.45, 7) is 4.72. The van der Waals surface area contributed by atoms with Crippen LogP contribution in [0.1, 0.15) is 29.0 Å². The van der Waals surface area contributed by atoms with Gasteiger partial charge in [0.2, 0.25) is 0 Å². The van der Waals surface area contributed by atoms with Crippen LogP contribution in [0.25, 0.3) is 10.9 Å². The van der Waals surface area contributed by atoms with E-state index in [2.05, 4.69) is 12.2 Å². The SMILES string of the molecule is Cc1ccc2cc3n(c2c1Cl)[C@H](C)CNC3=O. The molecule has 0 bridgehead atoms. The fourth-order valence-corrected chi connectivity index (χ4v) is 2.70. The highest BCUT2D eigenvalue weighted by molar-refractivity contribution is 6.36. The van der Waals surface area contributed by atoms with Crippen molar-refractivity contribution in [3.05, 3.63) is 34.5 Å². The van der Waals surface area contributed by atoms with Crippen LogP contribution in [0.2, 0.25) is 5.02 Å². The Hall–Kier alpha value is -1.48. The summed E-state index contributed by atoms with van der Waals surface area (Å²) < 4.78 is 2.05. The third-order valence-electron chi connectivity index (χ3n) is 3.36. The number of nitrogens with one attached hydrogen (secondary N) is 1. The van der Waals surface area contributed by atoms with Crippen LogP contribution in [0.4, 0.5) is 0 Å². The molecule has 0 saturated carbocycles. The summed E-state index contributed by atoms with van der Waals surface area (Å²) in [7, 11) is 0. The van der Waals surface area contributed by atoms with Gasteiger partial charge in [-0.25, -0.2) is 0 Å². The Morgan fingerprint density at radius 1 is 1.47 bits per heavy atom. The number of carbonyl (C=O) groups excluding carboxylic acids is 1. The molecule has 0 aliphatic carbocycles. The monoisotopic (exact) mass is 248 g/mol. The van der Waals surface area contributed by atoms with Gasteiger partial charge in [0.25, 0.3) is 5.91 Å². The number of hydrogen-bond acceptors (Lipinski definition) is 1. The Morgan fingerprint density at radius 3 is 3.00 bits per heavy atom. The second-order valence-corrected chi connectivity index (χ2v) is 4.97. The predicted octanol–water partition coefficient (Wildman–Crippen LogP) is 2.91. The van der Waals surface area contributed by atoms with Gasteiger partial charge < -0.3 is 9.88 Å². The van der Waals surface area contributed by atoms with Crippen LogP contribution in [0.3, 0.4) is 0 Å². The fourth-order valence-electron chi connectivity index (χ4n) is 2.43. The molecule has 1 amide bonds. The van der Waals surface area contributed by atoms with E-state index < -0.39 is 0 Å². The third kappa shape index (κ3) is 1.39. The number of halogens is 1. The highest BCUT2D eigenvalue weighted by Crippen LogP contribution is 2.33. The molecule has 0 spiro atoms. The highest BCUT2D eigenvalue weighted by Gasteiger charge is 2.25. The fraction of sp³-hybridized carbons (Fsp3) is 0.308. The van der Waals surface area contributed by atoms with Crippen LogP contribution >= 0.6 is 11.6 Å². The maximum absolute atomic E-state index is 11.8. The molecule has 1 atom stereocenters. The van der Waals surface area contributed by atoms with E-state index in [-0.39, 0.29) is 11.9 Å². The van der Waals surface area contributed by atoms with Gasteiger partial charge in [-0.3, -0.25) is 4.79 Å². The number of nitrogens with zero attached hydrogens (tertiary/aromatic N) is 1. The zero-order chi connectivity index (χ0) is 12.2. The van der Waals surface area contributed by atoms with Gasteiger partial charge in [0.05, 0.1) is 10.5 Å². The largest absolute Gasteiger partial charge is 0.349 e. The quantitative estimate of drug-likeness (QED) is 0.764. The van der Waals surface area contributed by atoms with Crippen LogP contribution in [0.5, 0.6) is 0 Å². The normalized spacial score (nSPS) is 19.2. The molecule has 4 heteroatoms. The van der Waals surface area contributed by atoms with Crippen molar-refractivity contribution in [3.8, 4) is 0 Å². The molecule has 1 N–H and O–H groups in total. The first-order chi connectivity index (χ1) is 8.09. The molecular weight excluding hydrogens is 236 g/mol. The van der Waals surface area contributed by atoms with E-state index in [9.17, 15) is 4.79 Å². The number of fused-ring (bicyclic) bond motifs is 3. The molecule has 0 saturated heterocycles. The Balaban J connectivity index is 2.44. The lowest BCUT2D eigenvalue weighted by Gasteiger charge is -2.24. The van der Waals surface area contributed by atoms with Gasteiger partial charge in [-0.2, -0.15) is 0 Å². The summed E-state index contributed by atoms with van der Waals surface area (Å²) in [5, 5.41) is 4.65. The van der Waals surface area contributed by atoms with Crippen LogP contribution in [0.15, 0.2) is 18.2 Å². The lowest BCUT2D eigenvalue weighted by Crippen LogP contribution is -2.37. The Kier molecular flexibility index (Phi) is 2.20. The first-order valence-electron chi connectivity index (χ1n) is 5.68. The highest BCUT2D eigenvalue weighted by atomic mass is 35.5. The summed E-state index contributed by atoms with van der Waals surface area (Å²) in [5.41, 5.74) is 2.72. The number of aromatic nitrogens is 1. The van der Waals surface area contributed by atoms with Crippen molar-refractivity contribution in [1.82, 2.24) is 9.88 Å². The van der Waals surface area contributed by atoms with E-state index in [0.717, 1.165) is 21.5 Å². The number of aryl methyl sites for hydroxylation is 1. The van der Waals surface area contributed by atoms with Crippen LogP contribution < -0.4 is 5.32 Å². The molecule has 88 valence electrons. The Labute approximate surface area is 104 Å². The average molecular weight is 249 g/mol. The number of benzene rings is 1. The van der Waals surface area contributed by atoms with Gasteiger partial charge >= 0.3 is 0 Å². The predicted molar refractivity (Wildman–Crippen MR) is 68.7 cm³/mol. The van der Waals surface area contributed by atoms with Gasteiger partial charge in [0.1, 0.15) is 5.69 Å². The molecule has 1 aliphatic rings. The average Bonchev–Trinajstić information content (AvgIpc) is 2.70. The Morgan fingerprint density at radius 2 is 2.24 bits per heavy atom. The van der Waals surface area contributed by atoms with Gasteiger partial charge in [0.15, 0.2) is 0 Å². The summed E-state index contributed by atoms with van der Waals surface area (Å²) in [6, 6.07) is 6.15. The van der Waals surface area contributed by atoms with Crippen molar-refractivity contribution >= 4 is 28.4 Å². The molecule has 0 unspecified atom stereocenters. The first kappa shape index (κ1) is 10.7. The van der Waals surface area contributed by atoms with E-state index in [4.69, 9.17) is 11.6 Å². The minimum Gasteiger partial charge on any atom is -0.349 e. The Bertz CT molecular complexity index is 630. The van der Waals surface area contributed by atoms with Gasteiger partial charge in [-0.15, -0.1) is 0 Å². The van der Waals surface area contributed by atoms with Crippen LogP contribution in [-0.2, 0) is 0 Å². The number of hydrogen-bond donors (Lipinski definition) is 1. The van der Waals surface area contributed by atoms with Crippen LogP contribution in [0, 0.1) is 6.92 Å². The number of carbonyl (C=O) groups is 1. The molecule has 0 radical (unpaired) electrons. The molecule has 1 aromatic carbocycles. The zero-order valence-corrected chi connectivity index (χ0v) is 10.5. The van der Waals surface area contributed by atoms with E-state index in [1.54, 1.807) is 0 Å². The lowest BCUT2D eigenvalue weighted by molar-refractivity contribution is 0.0919. The molecule has 0 fully saturated rings. The molecule has 1 aliphatic heterocycles. The minimum absolute atomic E-state index is 0.0204. The summed E-state index contributed by atoms with van der Waals surface area (Å²) >= 11 is 6.36. The molecule has 2 heterocycles. The molecule has 3 rings (SSSR count). The lowest BCUT2D eigenvalue weighted by atomic mass is 10.2. The van der Waals surface area contributed by atoms with E-state index in [1.807, 2.05) is 29.7 Å². The van der Waals surface area contributed by atoms with Gasteiger partial charge in [-0.1, -0.05) is 23.7 Å². The third-order valence-corrected chi connectivity index (χ3v) is 3.84. The van der Waals surface area contributed by atoms with Gasteiger partial charge in [0, 0.05) is 18.0 Å². The van der Waals surface area contributed by atoms with Gasteiger partial charge in [-0.05, 0) is 25.5 Å². The molecule has 17 heavy (non-hydrogen) atoms. The second kappa shape index (κ2) is 3.50.